The molecule has 15 heavy (non-hydrogen) atoms. The van der Waals surface area contributed by atoms with Gasteiger partial charge in [0.25, 0.3) is 0 Å². The highest BCUT2D eigenvalue weighted by Gasteiger charge is 1.90. The molecule has 1 heteroatoms. The summed E-state index contributed by atoms with van der Waals surface area (Å²) in [6, 6.07) is 10.3. The topological polar surface area (TPSA) is 9.23 Å². The van der Waals surface area contributed by atoms with Crippen LogP contribution >= 0.6 is 0 Å². The van der Waals surface area contributed by atoms with Gasteiger partial charge in [-0.05, 0) is 18.9 Å². The van der Waals surface area contributed by atoms with E-state index in [1.165, 1.54) is 24.0 Å². The van der Waals surface area contributed by atoms with Crippen LogP contribution in [0, 0.1) is 0 Å². The summed E-state index contributed by atoms with van der Waals surface area (Å²) in [5.74, 6) is 0. The van der Waals surface area contributed by atoms with E-state index in [-0.39, 0.29) is 0 Å². The van der Waals surface area contributed by atoms with Crippen molar-refractivity contribution in [3.05, 3.63) is 47.5 Å². The van der Waals surface area contributed by atoms with Crippen LogP contribution in [0.15, 0.2) is 42.0 Å². The molecule has 0 atom stereocenters. The molecule has 0 spiro atoms. The molecule has 0 amide bonds. The Kier molecular flexibility index (Phi) is 5.79. The van der Waals surface area contributed by atoms with Crippen LogP contribution < -0.4 is 0 Å². The first-order chi connectivity index (χ1) is 7.33. The minimum atomic E-state index is 0.705. The van der Waals surface area contributed by atoms with Crippen LogP contribution in [0.5, 0.6) is 0 Å². The molecule has 1 nitrogen and oxygen atoms in total. The molecule has 0 radical (unpaired) electrons. The van der Waals surface area contributed by atoms with Crippen LogP contribution in [0.3, 0.4) is 0 Å². The lowest BCUT2D eigenvalue weighted by Crippen LogP contribution is -1.93. The third-order valence-corrected chi connectivity index (χ3v) is 2.31. The molecule has 0 saturated carbocycles. The molecule has 0 saturated heterocycles. The number of hydrogen-bond acceptors (Lipinski definition) is 1. The number of ether oxygens (including phenoxy) is 1. The Morgan fingerprint density at radius 1 is 1.27 bits per heavy atom. The van der Waals surface area contributed by atoms with E-state index in [2.05, 4.69) is 32.1 Å². The number of hydrogen-bond donors (Lipinski definition) is 0. The number of rotatable bonds is 6. The number of benzene rings is 1. The largest absolute Gasteiger partial charge is 0.373 e. The maximum absolute atomic E-state index is 5.56. The van der Waals surface area contributed by atoms with Gasteiger partial charge >= 0.3 is 0 Å². The first kappa shape index (κ1) is 12.0. The van der Waals surface area contributed by atoms with Gasteiger partial charge in [-0.2, -0.15) is 0 Å². The van der Waals surface area contributed by atoms with Crippen molar-refractivity contribution in [3.63, 3.8) is 0 Å². The van der Waals surface area contributed by atoms with Gasteiger partial charge in [-0.15, -0.1) is 0 Å². The lowest BCUT2D eigenvalue weighted by atomic mass is 10.2. The molecular weight excluding hydrogens is 184 g/mol. The van der Waals surface area contributed by atoms with E-state index in [9.17, 15) is 0 Å². The Bertz CT molecular complexity index is 287. The molecule has 0 unspecified atom stereocenters. The standard InChI is InChI=1S/C14H20O/c1-3-7-13(2)10-11-15-12-14-8-5-4-6-9-14/h4-6,8-10H,3,7,11-12H2,1-2H3/b13-10-. The second kappa shape index (κ2) is 7.24. The van der Waals surface area contributed by atoms with E-state index in [4.69, 9.17) is 4.74 Å². The Hall–Kier alpha value is -1.08. The second-order valence-corrected chi connectivity index (χ2v) is 3.80. The first-order valence-electron chi connectivity index (χ1n) is 5.60. The van der Waals surface area contributed by atoms with Crippen LogP contribution in [0.1, 0.15) is 32.3 Å². The molecular formula is C14H20O. The van der Waals surface area contributed by atoms with Gasteiger partial charge in [0.05, 0.1) is 13.2 Å². The summed E-state index contributed by atoms with van der Waals surface area (Å²) in [4.78, 5) is 0. The molecule has 0 bridgehead atoms. The highest BCUT2D eigenvalue weighted by Crippen LogP contribution is 2.04. The normalized spacial score (nSPS) is 11.7. The Morgan fingerprint density at radius 2 is 2.00 bits per heavy atom. The highest BCUT2D eigenvalue weighted by molar-refractivity contribution is 5.13. The maximum Gasteiger partial charge on any atom is 0.0721 e. The Labute approximate surface area is 92.8 Å². The van der Waals surface area contributed by atoms with E-state index in [0.29, 0.717) is 6.61 Å². The zero-order chi connectivity index (χ0) is 10.9. The summed E-state index contributed by atoms with van der Waals surface area (Å²) >= 11 is 0. The molecule has 0 aliphatic heterocycles. The molecule has 0 N–H and O–H groups in total. The summed E-state index contributed by atoms with van der Waals surface area (Å²) < 4.78 is 5.56. The molecule has 82 valence electrons. The van der Waals surface area contributed by atoms with Gasteiger partial charge in [-0.1, -0.05) is 55.3 Å². The second-order valence-electron chi connectivity index (χ2n) is 3.80. The van der Waals surface area contributed by atoms with Crippen molar-refractivity contribution in [1.82, 2.24) is 0 Å². The van der Waals surface area contributed by atoms with Crippen molar-refractivity contribution < 1.29 is 4.74 Å². The minimum Gasteiger partial charge on any atom is -0.373 e. The van der Waals surface area contributed by atoms with Crippen LogP contribution in [0.4, 0.5) is 0 Å². The third-order valence-electron chi connectivity index (χ3n) is 2.31. The molecule has 1 rings (SSSR count). The van der Waals surface area contributed by atoms with E-state index < -0.39 is 0 Å². The lowest BCUT2D eigenvalue weighted by Gasteiger charge is -2.02. The van der Waals surface area contributed by atoms with E-state index in [1.807, 2.05) is 18.2 Å². The van der Waals surface area contributed by atoms with Gasteiger partial charge in [0.2, 0.25) is 0 Å². The van der Waals surface area contributed by atoms with Crippen molar-refractivity contribution in [1.29, 1.82) is 0 Å². The molecule has 0 heterocycles. The monoisotopic (exact) mass is 204 g/mol. The van der Waals surface area contributed by atoms with Crippen LogP contribution in [0.25, 0.3) is 0 Å². The van der Waals surface area contributed by atoms with E-state index >= 15 is 0 Å². The van der Waals surface area contributed by atoms with Gasteiger partial charge in [0.1, 0.15) is 0 Å². The maximum atomic E-state index is 5.56. The fourth-order valence-corrected chi connectivity index (χ4v) is 1.45. The Balaban J connectivity index is 2.20. The van der Waals surface area contributed by atoms with Crippen LogP contribution in [-0.4, -0.2) is 6.61 Å². The SMILES string of the molecule is CCC/C(C)=C\COCc1ccccc1. The van der Waals surface area contributed by atoms with E-state index in [1.54, 1.807) is 0 Å². The Morgan fingerprint density at radius 3 is 2.67 bits per heavy atom. The van der Waals surface area contributed by atoms with Gasteiger partial charge in [-0.3, -0.25) is 0 Å². The van der Waals surface area contributed by atoms with Gasteiger partial charge in [-0.25, -0.2) is 0 Å². The quantitative estimate of drug-likeness (QED) is 0.503. The zero-order valence-corrected chi connectivity index (χ0v) is 9.70. The molecule has 1 aromatic carbocycles. The third kappa shape index (κ3) is 5.38. The summed E-state index contributed by atoms with van der Waals surface area (Å²) in [5, 5.41) is 0. The minimum absolute atomic E-state index is 0.705. The number of allylic oxidation sites excluding steroid dienone is 1. The zero-order valence-electron chi connectivity index (χ0n) is 9.70. The highest BCUT2D eigenvalue weighted by atomic mass is 16.5. The van der Waals surface area contributed by atoms with Crippen molar-refractivity contribution in [2.24, 2.45) is 0 Å². The van der Waals surface area contributed by atoms with Crippen molar-refractivity contribution in [2.45, 2.75) is 33.3 Å². The van der Waals surface area contributed by atoms with Crippen molar-refractivity contribution in [2.75, 3.05) is 6.61 Å². The molecule has 0 aliphatic carbocycles. The predicted octanol–water partition coefficient (Wildman–Crippen LogP) is 3.95. The first-order valence-corrected chi connectivity index (χ1v) is 5.60. The lowest BCUT2D eigenvalue weighted by molar-refractivity contribution is 0.148. The van der Waals surface area contributed by atoms with Crippen molar-refractivity contribution in [3.8, 4) is 0 Å². The fraction of sp³-hybridized carbons (Fsp3) is 0.429. The summed E-state index contributed by atoms with van der Waals surface area (Å²) in [5.41, 5.74) is 2.66. The van der Waals surface area contributed by atoms with Gasteiger partial charge in [0, 0.05) is 0 Å². The van der Waals surface area contributed by atoms with Crippen LogP contribution in [0.2, 0.25) is 0 Å². The summed E-state index contributed by atoms with van der Waals surface area (Å²) in [6.45, 7) is 5.79. The van der Waals surface area contributed by atoms with Crippen LogP contribution in [-0.2, 0) is 11.3 Å². The van der Waals surface area contributed by atoms with Gasteiger partial charge in [0.15, 0.2) is 0 Å². The smallest absolute Gasteiger partial charge is 0.0721 e. The molecule has 0 fully saturated rings. The van der Waals surface area contributed by atoms with E-state index in [0.717, 1.165) is 6.61 Å². The molecule has 1 aromatic rings. The molecule has 0 aromatic heterocycles. The molecule has 0 aliphatic rings. The predicted molar refractivity (Wildman–Crippen MR) is 64.8 cm³/mol. The summed E-state index contributed by atoms with van der Waals surface area (Å²) in [6.07, 6.45) is 4.56. The van der Waals surface area contributed by atoms with Gasteiger partial charge < -0.3 is 4.74 Å². The average molecular weight is 204 g/mol. The fourth-order valence-electron chi connectivity index (χ4n) is 1.45. The average Bonchev–Trinajstić information content (AvgIpc) is 2.26. The van der Waals surface area contributed by atoms with Crippen molar-refractivity contribution >= 4 is 0 Å². The summed E-state index contributed by atoms with van der Waals surface area (Å²) in [7, 11) is 0.